The highest BCUT2D eigenvalue weighted by atomic mass is 127. The van der Waals surface area contributed by atoms with Crippen molar-refractivity contribution in [2.45, 2.75) is 45.1 Å². The zero-order chi connectivity index (χ0) is 9.90. The molecule has 1 rings (SSSR count). The van der Waals surface area contributed by atoms with E-state index in [1.54, 1.807) is 0 Å². The second-order valence-corrected chi connectivity index (χ2v) is 5.12. The number of carbonyl (C=O) groups is 1. The SMILES string of the molecule is C[C@@]1(CCCCI)C(=O)CC[C@@H]1O. The molecule has 0 aromatic rings. The van der Waals surface area contributed by atoms with Crippen molar-refractivity contribution in [2.24, 2.45) is 5.41 Å². The van der Waals surface area contributed by atoms with E-state index in [0.29, 0.717) is 12.8 Å². The van der Waals surface area contributed by atoms with Crippen molar-refractivity contribution < 1.29 is 9.90 Å². The molecule has 2 nitrogen and oxygen atoms in total. The number of hydrogen-bond donors (Lipinski definition) is 1. The van der Waals surface area contributed by atoms with E-state index < -0.39 is 11.5 Å². The summed E-state index contributed by atoms with van der Waals surface area (Å²) in [5, 5.41) is 9.70. The van der Waals surface area contributed by atoms with Gasteiger partial charge in [-0.05, 0) is 23.7 Å². The maximum atomic E-state index is 11.5. The van der Waals surface area contributed by atoms with E-state index in [-0.39, 0.29) is 5.78 Å². The van der Waals surface area contributed by atoms with E-state index in [1.165, 1.54) is 0 Å². The molecule has 0 amide bonds. The molecule has 0 heterocycles. The van der Waals surface area contributed by atoms with Crippen LogP contribution in [0, 0.1) is 5.41 Å². The third kappa shape index (κ3) is 2.43. The second kappa shape index (κ2) is 4.73. The molecule has 13 heavy (non-hydrogen) atoms. The van der Waals surface area contributed by atoms with Crippen LogP contribution in [0.3, 0.4) is 0 Å². The minimum absolute atomic E-state index is 0.258. The first-order valence-electron chi connectivity index (χ1n) is 4.88. The zero-order valence-corrected chi connectivity index (χ0v) is 10.2. The van der Waals surface area contributed by atoms with Gasteiger partial charge in [0.25, 0.3) is 0 Å². The highest BCUT2D eigenvalue weighted by molar-refractivity contribution is 14.1. The van der Waals surface area contributed by atoms with Crippen LogP contribution < -0.4 is 0 Å². The number of halogens is 1. The minimum Gasteiger partial charge on any atom is -0.392 e. The van der Waals surface area contributed by atoms with Crippen LogP contribution in [0.5, 0.6) is 0 Å². The number of ketones is 1. The molecule has 0 saturated heterocycles. The van der Waals surface area contributed by atoms with Gasteiger partial charge in [0.1, 0.15) is 5.78 Å². The van der Waals surface area contributed by atoms with Crippen LogP contribution in [0.4, 0.5) is 0 Å². The third-order valence-corrected chi connectivity index (χ3v) is 3.86. The van der Waals surface area contributed by atoms with Crippen molar-refractivity contribution in [3.63, 3.8) is 0 Å². The molecule has 1 N–H and O–H groups in total. The molecule has 0 aromatic carbocycles. The molecule has 0 aromatic heterocycles. The van der Waals surface area contributed by atoms with E-state index in [1.807, 2.05) is 6.92 Å². The van der Waals surface area contributed by atoms with Gasteiger partial charge in [-0.1, -0.05) is 35.9 Å². The monoisotopic (exact) mass is 296 g/mol. The molecular weight excluding hydrogens is 279 g/mol. The molecule has 3 heteroatoms. The van der Waals surface area contributed by atoms with Crippen LogP contribution in [0.15, 0.2) is 0 Å². The van der Waals surface area contributed by atoms with E-state index in [4.69, 9.17) is 0 Å². The van der Waals surface area contributed by atoms with Gasteiger partial charge in [0.15, 0.2) is 0 Å². The van der Waals surface area contributed by atoms with E-state index in [0.717, 1.165) is 23.7 Å². The Kier molecular flexibility index (Phi) is 4.16. The first-order chi connectivity index (χ1) is 6.11. The Labute approximate surface area is 93.2 Å². The normalized spacial score (nSPS) is 34.1. The van der Waals surface area contributed by atoms with Crippen LogP contribution in [0.1, 0.15) is 39.0 Å². The number of hydrogen-bond acceptors (Lipinski definition) is 2. The second-order valence-electron chi connectivity index (χ2n) is 4.04. The summed E-state index contributed by atoms with van der Waals surface area (Å²) in [5.74, 6) is 0.258. The van der Waals surface area contributed by atoms with Gasteiger partial charge in [-0.3, -0.25) is 4.79 Å². The van der Waals surface area contributed by atoms with Gasteiger partial charge < -0.3 is 5.11 Å². The zero-order valence-electron chi connectivity index (χ0n) is 8.05. The summed E-state index contributed by atoms with van der Waals surface area (Å²) in [4.78, 5) is 11.5. The number of aliphatic hydroxyl groups is 1. The fraction of sp³-hybridized carbons (Fsp3) is 0.900. The number of rotatable bonds is 4. The van der Waals surface area contributed by atoms with Gasteiger partial charge in [0.05, 0.1) is 11.5 Å². The highest BCUT2D eigenvalue weighted by Gasteiger charge is 2.44. The van der Waals surface area contributed by atoms with Crippen LogP contribution >= 0.6 is 22.6 Å². The van der Waals surface area contributed by atoms with Crippen molar-refractivity contribution >= 4 is 28.4 Å². The van der Waals surface area contributed by atoms with Crippen LogP contribution in [0.2, 0.25) is 0 Å². The maximum Gasteiger partial charge on any atom is 0.141 e. The molecule has 0 bridgehead atoms. The molecule has 1 fully saturated rings. The van der Waals surface area contributed by atoms with Gasteiger partial charge in [-0.2, -0.15) is 0 Å². The lowest BCUT2D eigenvalue weighted by Gasteiger charge is -2.26. The van der Waals surface area contributed by atoms with Gasteiger partial charge in [-0.15, -0.1) is 0 Å². The molecule has 1 aliphatic rings. The Morgan fingerprint density at radius 1 is 1.62 bits per heavy atom. The first-order valence-corrected chi connectivity index (χ1v) is 6.41. The number of alkyl halides is 1. The van der Waals surface area contributed by atoms with Crippen LogP contribution in [-0.2, 0) is 4.79 Å². The predicted molar refractivity (Wildman–Crippen MR) is 61.1 cm³/mol. The Morgan fingerprint density at radius 2 is 2.31 bits per heavy atom. The number of aliphatic hydroxyl groups excluding tert-OH is 1. The first kappa shape index (κ1) is 11.4. The Hall–Kier alpha value is 0.360. The summed E-state index contributed by atoms with van der Waals surface area (Å²) in [5.41, 5.74) is -0.425. The largest absolute Gasteiger partial charge is 0.392 e. The summed E-state index contributed by atoms with van der Waals surface area (Å²) in [6, 6.07) is 0. The minimum atomic E-state index is -0.425. The number of Topliss-reactive ketones (excluding diaryl/α,β-unsaturated/α-hetero) is 1. The van der Waals surface area contributed by atoms with E-state index in [2.05, 4.69) is 22.6 Å². The molecule has 76 valence electrons. The van der Waals surface area contributed by atoms with Gasteiger partial charge >= 0.3 is 0 Å². The van der Waals surface area contributed by atoms with E-state index in [9.17, 15) is 9.90 Å². The predicted octanol–water partition coefficient (Wildman–Crippen LogP) is 2.32. The average molecular weight is 296 g/mol. The number of carbonyl (C=O) groups excluding carboxylic acids is 1. The van der Waals surface area contributed by atoms with Crippen LogP contribution in [0.25, 0.3) is 0 Å². The van der Waals surface area contributed by atoms with Crippen molar-refractivity contribution in [3.05, 3.63) is 0 Å². The Morgan fingerprint density at radius 3 is 2.77 bits per heavy atom. The average Bonchev–Trinajstić information content (AvgIpc) is 2.35. The summed E-state index contributed by atoms with van der Waals surface area (Å²) in [6.07, 6.45) is 3.91. The summed E-state index contributed by atoms with van der Waals surface area (Å²) < 4.78 is 1.14. The fourth-order valence-corrected chi connectivity index (χ4v) is 2.49. The molecule has 0 aliphatic heterocycles. The van der Waals surface area contributed by atoms with E-state index >= 15 is 0 Å². The smallest absolute Gasteiger partial charge is 0.141 e. The number of unbranched alkanes of at least 4 members (excludes halogenated alkanes) is 1. The van der Waals surface area contributed by atoms with Crippen molar-refractivity contribution in [1.82, 2.24) is 0 Å². The van der Waals surface area contributed by atoms with Crippen molar-refractivity contribution in [3.8, 4) is 0 Å². The molecule has 0 unspecified atom stereocenters. The van der Waals surface area contributed by atoms with Crippen LogP contribution in [-0.4, -0.2) is 21.4 Å². The molecular formula is C10H17IO2. The molecule has 1 saturated carbocycles. The standard InChI is InChI=1S/C10H17IO2/c1-10(6-2-3-7-11)8(12)4-5-9(10)13/h8,12H,2-7H2,1H3/t8-,10-/m0/s1. The molecule has 0 spiro atoms. The van der Waals surface area contributed by atoms with Crippen molar-refractivity contribution in [2.75, 3.05) is 4.43 Å². The molecule has 2 atom stereocenters. The summed E-state index contributed by atoms with van der Waals surface area (Å²) in [6.45, 7) is 1.92. The summed E-state index contributed by atoms with van der Waals surface area (Å²) in [7, 11) is 0. The van der Waals surface area contributed by atoms with Gasteiger partial charge in [0, 0.05) is 6.42 Å². The topological polar surface area (TPSA) is 37.3 Å². The summed E-state index contributed by atoms with van der Waals surface area (Å²) >= 11 is 2.34. The Bertz CT molecular complexity index is 193. The lowest BCUT2D eigenvalue weighted by molar-refractivity contribution is -0.128. The molecule has 1 aliphatic carbocycles. The molecule has 0 radical (unpaired) electrons. The lowest BCUT2D eigenvalue weighted by Crippen LogP contribution is -2.32. The lowest BCUT2D eigenvalue weighted by atomic mass is 9.80. The highest BCUT2D eigenvalue weighted by Crippen LogP contribution is 2.39. The fourth-order valence-electron chi connectivity index (χ4n) is 1.95. The van der Waals surface area contributed by atoms with Gasteiger partial charge in [-0.25, -0.2) is 0 Å². The van der Waals surface area contributed by atoms with Gasteiger partial charge in [0.2, 0.25) is 0 Å². The maximum absolute atomic E-state index is 11.5. The third-order valence-electron chi connectivity index (χ3n) is 3.10. The Balaban J connectivity index is 2.47. The quantitative estimate of drug-likeness (QED) is 0.491. The van der Waals surface area contributed by atoms with Crippen molar-refractivity contribution in [1.29, 1.82) is 0 Å².